The van der Waals surface area contributed by atoms with Crippen LogP contribution < -0.4 is 0 Å². The monoisotopic (exact) mass is 309 g/mol. The highest BCUT2D eigenvalue weighted by Crippen LogP contribution is 2.33. The molecule has 4 rings (SSSR count). The summed E-state index contributed by atoms with van der Waals surface area (Å²) in [6.07, 6.45) is 0. The molecule has 116 valence electrons. The van der Waals surface area contributed by atoms with Crippen LogP contribution in [0.1, 0.15) is 28.3 Å². The molecule has 0 fully saturated rings. The molecule has 24 heavy (non-hydrogen) atoms. The number of aromatic nitrogens is 1. The second-order valence-corrected chi connectivity index (χ2v) is 6.14. The van der Waals surface area contributed by atoms with E-state index in [-0.39, 0.29) is 5.92 Å². The molecule has 0 N–H and O–H groups in total. The Kier molecular flexibility index (Phi) is 3.84. The van der Waals surface area contributed by atoms with E-state index in [1.54, 1.807) is 0 Å². The van der Waals surface area contributed by atoms with Crippen molar-refractivity contribution in [1.29, 1.82) is 0 Å². The van der Waals surface area contributed by atoms with E-state index in [4.69, 9.17) is 4.98 Å². The van der Waals surface area contributed by atoms with Gasteiger partial charge in [0.2, 0.25) is 0 Å². The Labute approximate surface area is 142 Å². The average Bonchev–Trinajstić information content (AvgIpc) is 2.64. The Balaban J connectivity index is 1.96. The standard InChI is InChI=1S/C23H19N/c1-17-16-20-14-8-9-15-21(20)24-23(17)22(18-10-4-2-5-11-18)19-12-6-3-7-13-19/h2-16,22H,1H3. The largest absolute Gasteiger partial charge is 0.252 e. The molecule has 3 aromatic carbocycles. The van der Waals surface area contributed by atoms with E-state index >= 15 is 0 Å². The highest BCUT2D eigenvalue weighted by Gasteiger charge is 2.20. The highest BCUT2D eigenvalue weighted by atomic mass is 14.7. The van der Waals surface area contributed by atoms with Gasteiger partial charge in [-0.3, -0.25) is 4.98 Å². The zero-order chi connectivity index (χ0) is 16.4. The van der Waals surface area contributed by atoms with Crippen molar-refractivity contribution in [1.82, 2.24) is 4.98 Å². The smallest absolute Gasteiger partial charge is 0.0705 e. The fourth-order valence-corrected chi connectivity index (χ4v) is 3.33. The van der Waals surface area contributed by atoms with Crippen molar-refractivity contribution in [2.75, 3.05) is 0 Å². The predicted molar refractivity (Wildman–Crippen MR) is 100 cm³/mol. The van der Waals surface area contributed by atoms with Gasteiger partial charge in [-0.25, -0.2) is 0 Å². The lowest BCUT2D eigenvalue weighted by molar-refractivity contribution is 0.914. The molecule has 0 aliphatic rings. The van der Waals surface area contributed by atoms with Crippen LogP contribution in [-0.2, 0) is 0 Å². The van der Waals surface area contributed by atoms with Crippen LogP contribution in [-0.4, -0.2) is 4.98 Å². The summed E-state index contributed by atoms with van der Waals surface area (Å²) in [5, 5.41) is 1.19. The number of aryl methyl sites for hydroxylation is 1. The molecule has 1 heterocycles. The molecule has 0 amide bonds. The van der Waals surface area contributed by atoms with Gasteiger partial charge in [0, 0.05) is 5.39 Å². The van der Waals surface area contributed by atoms with Crippen LogP contribution >= 0.6 is 0 Å². The van der Waals surface area contributed by atoms with Crippen LogP contribution in [0.5, 0.6) is 0 Å². The van der Waals surface area contributed by atoms with Crippen LogP contribution in [0.15, 0.2) is 91.0 Å². The quantitative estimate of drug-likeness (QED) is 0.471. The third-order valence-electron chi connectivity index (χ3n) is 4.49. The molecule has 0 bridgehead atoms. The first kappa shape index (κ1) is 14.6. The predicted octanol–water partition coefficient (Wildman–Crippen LogP) is 5.72. The molecule has 4 aromatic rings. The normalized spacial score (nSPS) is 11.1. The van der Waals surface area contributed by atoms with Crippen LogP contribution in [0.3, 0.4) is 0 Å². The molecule has 0 saturated carbocycles. The van der Waals surface area contributed by atoms with E-state index in [0.29, 0.717) is 0 Å². The molecule has 0 radical (unpaired) electrons. The van der Waals surface area contributed by atoms with Crippen molar-refractivity contribution < 1.29 is 0 Å². The Morgan fingerprint density at radius 2 is 1.21 bits per heavy atom. The highest BCUT2D eigenvalue weighted by molar-refractivity contribution is 5.79. The Morgan fingerprint density at radius 3 is 1.83 bits per heavy atom. The molecule has 1 aromatic heterocycles. The first-order valence-corrected chi connectivity index (χ1v) is 8.29. The van der Waals surface area contributed by atoms with E-state index in [9.17, 15) is 0 Å². The Morgan fingerprint density at radius 1 is 0.667 bits per heavy atom. The minimum Gasteiger partial charge on any atom is -0.252 e. The number of hydrogen-bond acceptors (Lipinski definition) is 1. The van der Waals surface area contributed by atoms with Crippen molar-refractivity contribution >= 4 is 10.9 Å². The van der Waals surface area contributed by atoms with Crippen molar-refractivity contribution in [3.8, 4) is 0 Å². The fourth-order valence-electron chi connectivity index (χ4n) is 3.33. The van der Waals surface area contributed by atoms with Crippen LogP contribution in [0.2, 0.25) is 0 Å². The van der Waals surface area contributed by atoms with Crippen molar-refractivity contribution in [3.05, 3.63) is 113 Å². The second-order valence-electron chi connectivity index (χ2n) is 6.14. The molecule has 1 nitrogen and oxygen atoms in total. The summed E-state index contributed by atoms with van der Waals surface area (Å²) in [6, 6.07) is 31.8. The summed E-state index contributed by atoms with van der Waals surface area (Å²) in [4.78, 5) is 5.03. The summed E-state index contributed by atoms with van der Waals surface area (Å²) in [6.45, 7) is 2.16. The number of benzene rings is 3. The molecule has 0 atom stereocenters. The molecule has 0 aliphatic carbocycles. The summed E-state index contributed by atoms with van der Waals surface area (Å²) in [7, 11) is 0. The molecule has 0 unspecified atom stereocenters. The van der Waals surface area contributed by atoms with Gasteiger partial charge in [-0.05, 0) is 35.7 Å². The van der Waals surface area contributed by atoms with Gasteiger partial charge < -0.3 is 0 Å². The number of para-hydroxylation sites is 1. The number of nitrogens with zero attached hydrogens (tertiary/aromatic N) is 1. The van der Waals surface area contributed by atoms with E-state index in [0.717, 1.165) is 11.2 Å². The average molecular weight is 309 g/mol. The zero-order valence-corrected chi connectivity index (χ0v) is 13.7. The summed E-state index contributed by atoms with van der Waals surface area (Å²) in [5.41, 5.74) is 5.96. The van der Waals surface area contributed by atoms with Gasteiger partial charge >= 0.3 is 0 Å². The van der Waals surface area contributed by atoms with Crippen molar-refractivity contribution in [3.63, 3.8) is 0 Å². The van der Waals surface area contributed by atoms with Gasteiger partial charge in [0.1, 0.15) is 0 Å². The zero-order valence-electron chi connectivity index (χ0n) is 13.7. The molecule has 0 spiro atoms. The maximum atomic E-state index is 5.03. The lowest BCUT2D eigenvalue weighted by Crippen LogP contribution is -2.08. The molecule has 0 aliphatic heterocycles. The van der Waals surface area contributed by atoms with Crippen LogP contribution in [0.4, 0.5) is 0 Å². The number of rotatable bonds is 3. The van der Waals surface area contributed by atoms with Crippen LogP contribution in [0.25, 0.3) is 10.9 Å². The van der Waals surface area contributed by atoms with Crippen molar-refractivity contribution in [2.24, 2.45) is 0 Å². The minimum atomic E-state index is 0.150. The van der Waals surface area contributed by atoms with E-state index in [1.165, 1.54) is 22.1 Å². The maximum absolute atomic E-state index is 5.03. The van der Waals surface area contributed by atoms with E-state index in [2.05, 4.69) is 97.9 Å². The maximum Gasteiger partial charge on any atom is 0.0705 e. The summed E-state index contributed by atoms with van der Waals surface area (Å²) in [5.74, 6) is 0.150. The fraction of sp³-hybridized carbons (Fsp3) is 0.0870. The van der Waals surface area contributed by atoms with E-state index < -0.39 is 0 Å². The lowest BCUT2D eigenvalue weighted by Gasteiger charge is -2.20. The third kappa shape index (κ3) is 2.69. The molecule has 1 heteroatoms. The topological polar surface area (TPSA) is 12.9 Å². The van der Waals surface area contributed by atoms with Gasteiger partial charge in [0.15, 0.2) is 0 Å². The molecular weight excluding hydrogens is 290 g/mol. The second kappa shape index (κ2) is 6.29. The summed E-state index contributed by atoms with van der Waals surface area (Å²) < 4.78 is 0. The van der Waals surface area contributed by atoms with Gasteiger partial charge in [-0.15, -0.1) is 0 Å². The third-order valence-corrected chi connectivity index (χ3v) is 4.49. The summed E-state index contributed by atoms with van der Waals surface area (Å²) >= 11 is 0. The lowest BCUT2D eigenvalue weighted by atomic mass is 9.86. The van der Waals surface area contributed by atoms with Gasteiger partial charge in [-0.1, -0.05) is 78.9 Å². The minimum absolute atomic E-state index is 0.150. The van der Waals surface area contributed by atoms with E-state index in [1.807, 2.05) is 0 Å². The van der Waals surface area contributed by atoms with Gasteiger partial charge in [-0.2, -0.15) is 0 Å². The first-order chi connectivity index (χ1) is 11.8. The number of fused-ring (bicyclic) bond motifs is 1. The molecular formula is C23H19N. The number of pyridine rings is 1. The Hall–Kier alpha value is -2.93. The first-order valence-electron chi connectivity index (χ1n) is 8.29. The van der Waals surface area contributed by atoms with Gasteiger partial charge in [0.05, 0.1) is 17.1 Å². The van der Waals surface area contributed by atoms with Crippen LogP contribution in [0, 0.1) is 6.92 Å². The molecule has 0 saturated heterocycles. The van der Waals surface area contributed by atoms with Crippen molar-refractivity contribution in [2.45, 2.75) is 12.8 Å². The number of hydrogen-bond donors (Lipinski definition) is 0. The Bertz CT molecular complexity index is 919. The van der Waals surface area contributed by atoms with Gasteiger partial charge in [0.25, 0.3) is 0 Å². The SMILES string of the molecule is Cc1cc2ccccc2nc1C(c1ccccc1)c1ccccc1.